The molecule has 202 valence electrons. The highest BCUT2D eigenvalue weighted by molar-refractivity contribution is 7.13. The molecule has 0 saturated heterocycles. The van der Waals surface area contributed by atoms with Crippen LogP contribution >= 0.6 is 11.3 Å². The van der Waals surface area contributed by atoms with Gasteiger partial charge < -0.3 is 14.8 Å². The molecule has 0 saturated carbocycles. The van der Waals surface area contributed by atoms with Crippen molar-refractivity contribution in [1.82, 2.24) is 4.98 Å². The highest BCUT2D eigenvalue weighted by Crippen LogP contribution is 2.44. The number of nitrogens with zero attached hydrogens (tertiary/aromatic N) is 2. The SMILES string of the molecule is CCOC(=O)C1=C(C)N=C(C)C(C(=O)OCC)C1c1ccccc1-c1nc(-c2ccc(NC(C)=O)cc2)cs1. The Morgan fingerprint density at radius 3 is 2.33 bits per heavy atom. The molecule has 39 heavy (non-hydrogen) atoms. The van der Waals surface area contributed by atoms with Gasteiger partial charge in [-0.05, 0) is 45.4 Å². The molecule has 3 aromatic rings. The van der Waals surface area contributed by atoms with E-state index in [0.29, 0.717) is 22.7 Å². The number of aromatic nitrogens is 1. The molecule has 9 heteroatoms. The third kappa shape index (κ3) is 5.98. The van der Waals surface area contributed by atoms with Gasteiger partial charge in [0.2, 0.25) is 5.91 Å². The average molecular weight is 546 g/mol. The average Bonchev–Trinajstić information content (AvgIpc) is 3.39. The van der Waals surface area contributed by atoms with Crippen LogP contribution in [0.15, 0.2) is 70.2 Å². The van der Waals surface area contributed by atoms with Crippen molar-refractivity contribution in [2.24, 2.45) is 10.9 Å². The number of amides is 1. The molecule has 1 amide bonds. The van der Waals surface area contributed by atoms with Crippen LogP contribution < -0.4 is 5.32 Å². The van der Waals surface area contributed by atoms with E-state index in [1.54, 1.807) is 27.7 Å². The molecular formula is C30H31N3O5S. The minimum Gasteiger partial charge on any atom is -0.465 e. The van der Waals surface area contributed by atoms with E-state index in [1.807, 2.05) is 53.9 Å². The lowest BCUT2D eigenvalue weighted by molar-refractivity contribution is -0.146. The monoisotopic (exact) mass is 545 g/mol. The van der Waals surface area contributed by atoms with Crippen LogP contribution in [0.3, 0.4) is 0 Å². The van der Waals surface area contributed by atoms with Gasteiger partial charge in [-0.3, -0.25) is 14.6 Å². The highest BCUT2D eigenvalue weighted by Gasteiger charge is 2.43. The number of hydrogen-bond donors (Lipinski definition) is 1. The second kappa shape index (κ2) is 12.2. The van der Waals surface area contributed by atoms with Crippen molar-refractivity contribution < 1.29 is 23.9 Å². The molecule has 1 aromatic heterocycles. The van der Waals surface area contributed by atoms with Crippen LogP contribution in [0, 0.1) is 5.92 Å². The van der Waals surface area contributed by atoms with Crippen LogP contribution in [-0.4, -0.2) is 41.8 Å². The summed E-state index contributed by atoms with van der Waals surface area (Å²) in [7, 11) is 0. The van der Waals surface area contributed by atoms with E-state index >= 15 is 0 Å². The van der Waals surface area contributed by atoms with Gasteiger partial charge >= 0.3 is 11.9 Å². The second-order valence-corrected chi connectivity index (χ2v) is 9.92. The van der Waals surface area contributed by atoms with Crippen molar-refractivity contribution in [3.05, 3.63) is 70.7 Å². The summed E-state index contributed by atoms with van der Waals surface area (Å²) in [6.45, 7) is 8.93. The zero-order valence-corrected chi connectivity index (χ0v) is 23.4. The zero-order valence-electron chi connectivity index (χ0n) is 22.6. The van der Waals surface area contributed by atoms with Gasteiger partial charge in [0.1, 0.15) is 10.9 Å². The Labute approximate surface area is 231 Å². The molecule has 4 rings (SSSR count). The van der Waals surface area contributed by atoms with Gasteiger partial charge in [0.05, 0.1) is 24.5 Å². The number of esters is 2. The fraction of sp³-hybridized carbons (Fsp3) is 0.300. The summed E-state index contributed by atoms with van der Waals surface area (Å²) >= 11 is 1.47. The zero-order chi connectivity index (χ0) is 28.1. The normalized spacial score (nSPS) is 16.9. The lowest BCUT2D eigenvalue weighted by Gasteiger charge is -2.32. The summed E-state index contributed by atoms with van der Waals surface area (Å²) in [5.74, 6) is -2.51. The fourth-order valence-electron chi connectivity index (χ4n) is 4.81. The number of benzene rings is 2. The van der Waals surface area contributed by atoms with Gasteiger partial charge in [-0.2, -0.15) is 0 Å². The Balaban J connectivity index is 1.80. The second-order valence-electron chi connectivity index (χ2n) is 9.06. The molecule has 8 nitrogen and oxygen atoms in total. The van der Waals surface area contributed by atoms with Crippen LogP contribution in [0.4, 0.5) is 5.69 Å². The van der Waals surface area contributed by atoms with Crippen LogP contribution in [-0.2, 0) is 23.9 Å². The molecule has 1 aliphatic rings. The Hall–Kier alpha value is -4.11. The Morgan fingerprint density at radius 1 is 0.974 bits per heavy atom. The van der Waals surface area contributed by atoms with Crippen molar-refractivity contribution in [2.75, 3.05) is 18.5 Å². The Morgan fingerprint density at radius 2 is 1.67 bits per heavy atom. The summed E-state index contributed by atoms with van der Waals surface area (Å²) in [6.07, 6.45) is 0. The standard InChI is InChI=1S/C30H31N3O5S/c1-6-37-29(35)25-17(3)31-18(4)26(30(36)38-7-2)27(25)22-10-8-9-11-23(22)28-33-24(16-39-28)20-12-14-21(15-13-20)32-19(5)34/h8-16,25,27H,6-7H2,1-5H3,(H,32,34). The van der Waals surface area contributed by atoms with Crippen LogP contribution in [0.2, 0.25) is 0 Å². The molecule has 0 radical (unpaired) electrons. The number of anilines is 1. The van der Waals surface area contributed by atoms with E-state index in [-0.39, 0.29) is 19.1 Å². The van der Waals surface area contributed by atoms with E-state index in [4.69, 9.17) is 14.5 Å². The van der Waals surface area contributed by atoms with Gasteiger partial charge in [-0.1, -0.05) is 36.4 Å². The lowest BCUT2D eigenvalue weighted by Crippen LogP contribution is -2.36. The minimum atomic E-state index is -0.782. The summed E-state index contributed by atoms with van der Waals surface area (Å²) in [5, 5.41) is 5.47. The molecule has 2 aromatic carbocycles. The van der Waals surface area contributed by atoms with E-state index in [2.05, 4.69) is 10.3 Å². The minimum absolute atomic E-state index is 0.133. The number of nitrogens with one attached hydrogen (secondary N) is 1. The van der Waals surface area contributed by atoms with Crippen LogP contribution in [0.5, 0.6) is 0 Å². The van der Waals surface area contributed by atoms with E-state index in [0.717, 1.165) is 27.4 Å². The number of hydrogen-bond acceptors (Lipinski definition) is 8. The van der Waals surface area contributed by atoms with Gasteiger partial charge in [0, 0.05) is 46.4 Å². The van der Waals surface area contributed by atoms with Gasteiger partial charge in [-0.15, -0.1) is 11.3 Å². The van der Waals surface area contributed by atoms with Crippen molar-refractivity contribution in [2.45, 2.75) is 40.5 Å². The predicted octanol–water partition coefficient (Wildman–Crippen LogP) is 6.01. The first-order valence-corrected chi connectivity index (χ1v) is 13.7. The van der Waals surface area contributed by atoms with Gasteiger partial charge in [0.15, 0.2) is 0 Å². The predicted molar refractivity (Wildman–Crippen MR) is 153 cm³/mol. The first kappa shape index (κ1) is 27.9. The summed E-state index contributed by atoms with van der Waals surface area (Å²) < 4.78 is 10.8. The summed E-state index contributed by atoms with van der Waals surface area (Å²) in [6, 6.07) is 15.1. The number of thiazole rings is 1. The third-order valence-corrected chi connectivity index (χ3v) is 7.27. The largest absolute Gasteiger partial charge is 0.465 e. The van der Waals surface area contributed by atoms with Crippen molar-refractivity contribution in [1.29, 1.82) is 0 Å². The smallest absolute Gasteiger partial charge is 0.336 e. The van der Waals surface area contributed by atoms with Crippen molar-refractivity contribution in [3.63, 3.8) is 0 Å². The van der Waals surface area contributed by atoms with Gasteiger partial charge in [-0.25, -0.2) is 9.78 Å². The molecule has 2 atom stereocenters. The maximum atomic E-state index is 13.2. The van der Waals surface area contributed by atoms with Crippen molar-refractivity contribution >= 4 is 40.6 Å². The highest BCUT2D eigenvalue weighted by atomic mass is 32.1. The number of rotatable bonds is 8. The van der Waals surface area contributed by atoms with E-state index in [9.17, 15) is 14.4 Å². The fourth-order valence-corrected chi connectivity index (χ4v) is 5.68. The van der Waals surface area contributed by atoms with Crippen molar-refractivity contribution in [3.8, 4) is 21.8 Å². The molecule has 0 fully saturated rings. The molecular weight excluding hydrogens is 514 g/mol. The molecule has 0 aliphatic carbocycles. The molecule has 1 N–H and O–H groups in total. The number of carbonyl (C=O) groups excluding carboxylic acids is 3. The molecule has 0 bridgehead atoms. The molecule has 0 spiro atoms. The maximum absolute atomic E-state index is 13.2. The van der Waals surface area contributed by atoms with Gasteiger partial charge in [0.25, 0.3) is 0 Å². The number of allylic oxidation sites excluding steroid dienone is 1. The van der Waals surface area contributed by atoms with Crippen LogP contribution in [0.1, 0.15) is 46.1 Å². The summed E-state index contributed by atoms with van der Waals surface area (Å²) in [4.78, 5) is 47.3. The van der Waals surface area contributed by atoms with Crippen LogP contribution in [0.25, 0.3) is 21.8 Å². The topological polar surface area (TPSA) is 107 Å². The Kier molecular flexibility index (Phi) is 8.71. The number of carbonyl (C=O) groups is 3. The number of ether oxygens (including phenoxy) is 2. The molecule has 1 aliphatic heterocycles. The molecule has 2 heterocycles. The summed E-state index contributed by atoms with van der Waals surface area (Å²) in [5.41, 5.74) is 5.42. The molecule has 2 unspecified atom stereocenters. The third-order valence-electron chi connectivity index (χ3n) is 6.40. The lowest BCUT2D eigenvalue weighted by atomic mass is 9.74. The first-order valence-electron chi connectivity index (χ1n) is 12.8. The quantitative estimate of drug-likeness (QED) is 0.348. The first-order chi connectivity index (χ1) is 18.7. The van der Waals surface area contributed by atoms with E-state index < -0.39 is 23.8 Å². The van der Waals surface area contributed by atoms with E-state index in [1.165, 1.54) is 18.3 Å². The number of aliphatic imine (C=N–C) groups is 1. The Bertz CT molecular complexity index is 1460. The maximum Gasteiger partial charge on any atom is 0.336 e.